The number of ether oxygens (including phenoxy) is 1. The topological polar surface area (TPSA) is 81.1 Å². The highest BCUT2D eigenvalue weighted by atomic mass is 19.4. The SMILES string of the molecule is Cn1nccc1-c1cc(NC(=O)c2ccc(C(F)(F)F)c(F)c2)cnc1OCCC1CCCN1. The number of halogens is 4. The second kappa shape index (κ2) is 9.80. The minimum Gasteiger partial charge on any atom is -0.477 e. The van der Waals surface area contributed by atoms with Crippen LogP contribution in [-0.2, 0) is 13.2 Å². The number of hydrogen-bond acceptors (Lipinski definition) is 5. The van der Waals surface area contributed by atoms with Gasteiger partial charge in [-0.15, -0.1) is 0 Å². The smallest absolute Gasteiger partial charge is 0.419 e. The summed E-state index contributed by atoms with van der Waals surface area (Å²) in [5, 5.41) is 10.1. The van der Waals surface area contributed by atoms with E-state index < -0.39 is 23.5 Å². The molecule has 0 saturated carbocycles. The highest BCUT2D eigenvalue weighted by Gasteiger charge is 2.34. The van der Waals surface area contributed by atoms with Crippen molar-refractivity contribution in [2.75, 3.05) is 18.5 Å². The number of aryl methyl sites for hydroxylation is 1. The van der Waals surface area contributed by atoms with Crippen LogP contribution in [0.15, 0.2) is 42.7 Å². The van der Waals surface area contributed by atoms with E-state index in [0.29, 0.717) is 41.9 Å². The van der Waals surface area contributed by atoms with Gasteiger partial charge in [0.15, 0.2) is 0 Å². The first-order valence-electron chi connectivity index (χ1n) is 10.7. The predicted molar refractivity (Wildman–Crippen MR) is 117 cm³/mol. The molecule has 2 aromatic heterocycles. The van der Waals surface area contributed by atoms with E-state index in [2.05, 4.69) is 20.7 Å². The van der Waals surface area contributed by atoms with E-state index >= 15 is 0 Å². The molecule has 11 heteroatoms. The summed E-state index contributed by atoms with van der Waals surface area (Å²) in [6.45, 7) is 1.45. The summed E-state index contributed by atoms with van der Waals surface area (Å²) in [7, 11) is 1.75. The highest BCUT2D eigenvalue weighted by molar-refractivity contribution is 6.04. The van der Waals surface area contributed by atoms with Gasteiger partial charge in [-0.05, 0) is 56.1 Å². The van der Waals surface area contributed by atoms with Crippen molar-refractivity contribution in [1.29, 1.82) is 0 Å². The summed E-state index contributed by atoms with van der Waals surface area (Å²) in [4.78, 5) is 16.9. The van der Waals surface area contributed by atoms with Crippen LogP contribution in [0.5, 0.6) is 5.88 Å². The lowest BCUT2D eigenvalue weighted by atomic mass is 10.1. The molecule has 0 bridgehead atoms. The predicted octanol–water partition coefficient (Wildman–Crippen LogP) is 4.41. The Morgan fingerprint density at radius 1 is 1.29 bits per heavy atom. The van der Waals surface area contributed by atoms with Crippen molar-refractivity contribution in [3.8, 4) is 17.1 Å². The van der Waals surface area contributed by atoms with Gasteiger partial charge < -0.3 is 15.4 Å². The fourth-order valence-corrected chi connectivity index (χ4v) is 3.85. The molecule has 1 aliphatic rings. The number of amides is 1. The van der Waals surface area contributed by atoms with Gasteiger partial charge in [0.2, 0.25) is 5.88 Å². The standard InChI is InChI=1S/C23H23F4N5O2/c1-32-20(6-9-30-32)17-12-16(13-29-22(17)34-10-7-15-3-2-8-28-15)31-21(33)14-4-5-18(19(24)11-14)23(25,26)27/h4-6,9,11-13,15,28H,2-3,7-8,10H2,1H3,(H,31,33). The second-order valence-corrected chi connectivity index (χ2v) is 7.99. The molecule has 180 valence electrons. The highest BCUT2D eigenvalue weighted by Crippen LogP contribution is 2.33. The van der Waals surface area contributed by atoms with Gasteiger partial charge in [-0.2, -0.15) is 18.3 Å². The zero-order valence-electron chi connectivity index (χ0n) is 18.3. The Balaban J connectivity index is 1.53. The first-order chi connectivity index (χ1) is 16.2. The summed E-state index contributed by atoms with van der Waals surface area (Å²) in [6.07, 6.45) is 1.20. The molecule has 7 nitrogen and oxygen atoms in total. The largest absolute Gasteiger partial charge is 0.477 e. The van der Waals surface area contributed by atoms with Gasteiger partial charge in [0.1, 0.15) is 5.82 Å². The third-order valence-corrected chi connectivity index (χ3v) is 5.61. The van der Waals surface area contributed by atoms with Crippen molar-refractivity contribution < 1.29 is 27.1 Å². The normalized spacial score (nSPS) is 16.0. The van der Waals surface area contributed by atoms with Crippen molar-refractivity contribution in [1.82, 2.24) is 20.1 Å². The molecule has 0 spiro atoms. The molecule has 0 radical (unpaired) electrons. The Labute approximate surface area is 193 Å². The first-order valence-corrected chi connectivity index (χ1v) is 10.7. The maximum atomic E-state index is 13.9. The summed E-state index contributed by atoms with van der Waals surface area (Å²) in [5.74, 6) is -1.93. The number of carbonyl (C=O) groups excluding carboxylic acids is 1. The zero-order chi connectivity index (χ0) is 24.3. The number of nitrogens with zero attached hydrogens (tertiary/aromatic N) is 3. The van der Waals surface area contributed by atoms with Crippen molar-refractivity contribution in [3.63, 3.8) is 0 Å². The number of carbonyl (C=O) groups is 1. The van der Waals surface area contributed by atoms with E-state index in [9.17, 15) is 22.4 Å². The van der Waals surface area contributed by atoms with Crippen LogP contribution < -0.4 is 15.4 Å². The fourth-order valence-electron chi connectivity index (χ4n) is 3.85. The number of nitrogens with one attached hydrogen (secondary N) is 2. The average Bonchev–Trinajstić information content (AvgIpc) is 3.45. The summed E-state index contributed by atoms with van der Waals surface area (Å²) in [6, 6.07) is 5.82. The Morgan fingerprint density at radius 2 is 2.12 bits per heavy atom. The van der Waals surface area contributed by atoms with Crippen LogP contribution in [0.3, 0.4) is 0 Å². The lowest BCUT2D eigenvalue weighted by Crippen LogP contribution is -2.23. The Hall–Kier alpha value is -3.47. The van der Waals surface area contributed by atoms with Crippen molar-refractivity contribution in [2.45, 2.75) is 31.5 Å². The Morgan fingerprint density at radius 3 is 2.76 bits per heavy atom. The van der Waals surface area contributed by atoms with Crippen LogP contribution in [0, 0.1) is 5.82 Å². The number of benzene rings is 1. The van der Waals surface area contributed by atoms with Crippen LogP contribution in [0.2, 0.25) is 0 Å². The van der Waals surface area contributed by atoms with Crippen LogP contribution in [0.1, 0.15) is 35.2 Å². The quantitative estimate of drug-likeness (QED) is 0.493. The van der Waals surface area contributed by atoms with Crippen LogP contribution >= 0.6 is 0 Å². The van der Waals surface area contributed by atoms with Gasteiger partial charge in [0.25, 0.3) is 5.91 Å². The van der Waals surface area contributed by atoms with Gasteiger partial charge in [-0.3, -0.25) is 9.48 Å². The van der Waals surface area contributed by atoms with Crippen molar-refractivity contribution in [3.05, 3.63) is 59.7 Å². The molecule has 3 heterocycles. The molecule has 1 unspecified atom stereocenters. The third-order valence-electron chi connectivity index (χ3n) is 5.61. The fraction of sp³-hybridized carbons (Fsp3) is 0.348. The molecule has 1 fully saturated rings. The monoisotopic (exact) mass is 477 g/mol. The van der Waals surface area contributed by atoms with Gasteiger partial charge >= 0.3 is 6.18 Å². The first kappa shape index (κ1) is 23.7. The number of anilines is 1. The van der Waals surface area contributed by atoms with E-state index in [1.165, 1.54) is 6.20 Å². The van der Waals surface area contributed by atoms with Crippen LogP contribution in [0.4, 0.5) is 23.2 Å². The second-order valence-electron chi connectivity index (χ2n) is 7.99. The molecule has 34 heavy (non-hydrogen) atoms. The number of pyridine rings is 1. The van der Waals surface area contributed by atoms with Gasteiger partial charge in [0.05, 0.1) is 35.3 Å². The van der Waals surface area contributed by atoms with E-state index in [0.717, 1.165) is 31.9 Å². The maximum absolute atomic E-state index is 13.9. The minimum atomic E-state index is -4.84. The lowest BCUT2D eigenvalue weighted by Gasteiger charge is -2.15. The van der Waals surface area contributed by atoms with Crippen molar-refractivity contribution >= 4 is 11.6 Å². The van der Waals surface area contributed by atoms with Gasteiger partial charge in [-0.1, -0.05) is 0 Å². The summed E-state index contributed by atoms with van der Waals surface area (Å²) >= 11 is 0. The molecule has 2 N–H and O–H groups in total. The van der Waals surface area contributed by atoms with Crippen molar-refractivity contribution in [2.24, 2.45) is 7.05 Å². The molecule has 4 rings (SSSR count). The van der Waals surface area contributed by atoms with Crippen LogP contribution in [-0.4, -0.2) is 39.9 Å². The van der Waals surface area contributed by atoms with Gasteiger partial charge in [0, 0.05) is 24.8 Å². The average molecular weight is 477 g/mol. The van der Waals surface area contributed by atoms with E-state index in [1.54, 1.807) is 30.1 Å². The molecule has 1 aromatic carbocycles. The zero-order valence-corrected chi connectivity index (χ0v) is 18.3. The molecule has 1 saturated heterocycles. The minimum absolute atomic E-state index is 0.253. The van der Waals surface area contributed by atoms with E-state index in [-0.39, 0.29) is 11.3 Å². The Bertz CT molecular complexity index is 1170. The molecule has 0 aliphatic carbocycles. The van der Waals surface area contributed by atoms with Gasteiger partial charge in [-0.25, -0.2) is 9.37 Å². The number of aromatic nitrogens is 3. The molecule has 3 aromatic rings. The molecule has 1 atom stereocenters. The lowest BCUT2D eigenvalue weighted by molar-refractivity contribution is -0.140. The van der Waals surface area contributed by atoms with E-state index in [1.807, 2.05) is 0 Å². The third kappa shape index (κ3) is 5.36. The maximum Gasteiger partial charge on any atom is 0.419 e. The number of rotatable bonds is 7. The summed E-state index contributed by atoms with van der Waals surface area (Å²) < 4.78 is 59.8. The Kier molecular flexibility index (Phi) is 6.82. The summed E-state index contributed by atoms with van der Waals surface area (Å²) in [5.41, 5.74) is -0.143. The van der Waals surface area contributed by atoms with Crippen LogP contribution in [0.25, 0.3) is 11.3 Å². The number of hydrogen-bond donors (Lipinski definition) is 2. The molecular weight excluding hydrogens is 454 g/mol. The molecule has 1 amide bonds. The molecule has 1 aliphatic heterocycles. The number of alkyl halides is 3. The van der Waals surface area contributed by atoms with E-state index in [4.69, 9.17) is 4.74 Å². The molecular formula is C23H23F4N5O2.